The van der Waals surface area contributed by atoms with Crippen LogP contribution in [0.5, 0.6) is 0 Å². The average Bonchev–Trinajstić information content (AvgIpc) is 2.79. The Labute approximate surface area is 117 Å². The SMILES string of the molecule is Cc1cccnc1CNS(=O)(=O)c1n[nH]c(C)c1CO. The Hall–Kier alpha value is -1.77. The average molecular weight is 296 g/mol. The number of hydrogen-bond donors (Lipinski definition) is 3. The molecule has 2 heterocycles. The van der Waals surface area contributed by atoms with Gasteiger partial charge >= 0.3 is 0 Å². The number of nitrogens with zero attached hydrogens (tertiary/aromatic N) is 2. The largest absolute Gasteiger partial charge is 0.392 e. The van der Waals surface area contributed by atoms with Gasteiger partial charge in [0.2, 0.25) is 0 Å². The zero-order valence-electron chi connectivity index (χ0n) is 11.2. The van der Waals surface area contributed by atoms with Gasteiger partial charge in [-0.05, 0) is 25.5 Å². The molecule has 0 bridgehead atoms. The van der Waals surface area contributed by atoms with Gasteiger partial charge in [0.15, 0.2) is 5.03 Å². The van der Waals surface area contributed by atoms with E-state index in [4.69, 9.17) is 0 Å². The fraction of sp³-hybridized carbons (Fsp3) is 0.333. The first kappa shape index (κ1) is 14.6. The van der Waals surface area contributed by atoms with Crippen LogP contribution < -0.4 is 4.72 Å². The number of aromatic nitrogens is 3. The molecule has 0 radical (unpaired) electrons. The summed E-state index contributed by atoms with van der Waals surface area (Å²) in [5, 5.41) is 15.3. The van der Waals surface area contributed by atoms with Crippen molar-refractivity contribution < 1.29 is 13.5 Å². The minimum Gasteiger partial charge on any atom is -0.392 e. The Kier molecular flexibility index (Phi) is 4.17. The molecule has 7 nitrogen and oxygen atoms in total. The smallest absolute Gasteiger partial charge is 0.260 e. The molecule has 0 saturated carbocycles. The third-order valence-electron chi connectivity index (χ3n) is 3.00. The number of pyridine rings is 1. The summed E-state index contributed by atoms with van der Waals surface area (Å²) in [7, 11) is -3.79. The summed E-state index contributed by atoms with van der Waals surface area (Å²) in [6, 6.07) is 3.64. The quantitative estimate of drug-likeness (QED) is 0.740. The van der Waals surface area contributed by atoms with Gasteiger partial charge in [0.25, 0.3) is 10.0 Å². The first-order valence-corrected chi connectivity index (χ1v) is 7.49. The van der Waals surface area contributed by atoms with Gasteiger partial charge in [0.05, 0.1) is 18.8 Å². The van der Waals surface area contributed by atoms with Crippen molar-refractivity contribution >= 4 is 10.0 Å². The molecule has 0 spiro atoms. The lowest BCUT2D eigenvalue weighted by molar-refractivity contribution is 0.277. The van der Waals surface area contributed by atoms with E-state index in [9.17, 15) is 13.5 Å². The molecule has 0 atom stereocenters. The highest BCUT2D eigenvalue weighted by atomic mass is 32.2. The van der Waals surface area contributed by atoms with E-state index in [0.717, 1.165) is 5.56 Å². The summed E-state index contributed by atoms with van der Waals surface area (Å²) in [6.45, 7) is 3.20. The monoisotopic (exact) mass is 296 g/mol. The van der Waals surface area contributed by atoms with Crippen LogP contribution in [0.25, 0.3) is 0 Å². The van der Waals surface area contributed by atoms with Gasteiger partial charge in [-0.15, -0.1) is 0 Å². The number of sulfonamides is 1. The molecule has 0 aliphatic rings. The number of nitrogens with one attached hydrogen (secondary N) is 2. The van der Waals surface area contributed by atoms with E-state index in [1.54, 1.807) is 19.2 Å². The number of aromatic amines is 1. The van der Waals surface area contributed by atoms with Crippen LogP contribution in [0.2, 0.25) is 0 Å². The Bertz CT molecular complexity index is 709. The van der Waals surface area contributed by atoms with Crippen molar-refractivity contribution in [3.63, 3.8) is 0 Å². The van der Waals surface area contributed by atoms with E-state index in [1.807, 2.05) is 13.0 Å². The van der Waals surface area contributed by atoms with Crippen molar-refractivity contribution in [1.82, 2.24) is 19.9 Å². The highest BCUT2D eigenvalue weighted by Crippen LogP contribution is 2.16. The Balaban J connectivity index is 2.22. The number of aryl methyl sites for hydroxylation is 2. The molecule has 8 heteroatoms. The van der Waals surface area contributed by atoms with Gasteiger partial charge in [0, 0.05) is 17.5 Å². The highest BCUT2D eigenvalue weighted by Gasteiger charge is 2.23. The molecular weight excluding hydrogens is 280 g/mol. The molecule has 0 saturated heterocycles. The fourth-order valence-corrected chi connectivity index (χ4v) is 2.94. The second-order valence-electron chi connectivity index (χ2n) is 4.38. The van der Waals surface area contributed by atoms with Crippen LogP contribution in [0.4, 0.5) is 0 Å². The lowest BCUT2D eigenvalue weighted by atomic mass is 10.2. The molecule has 0 fully saturated rings. The van der Waals surface area contributed by atoms with Crippen LogP contribution in [-0.2, 0) is 23.2 Å². The Morgan fingerprint density at radius 2 is 2.15 bits per heavy atom. The van der Waals surface area contributed by atoms with Crippen LogP contribution in [0, 0.1) is 13.8 Å². The van der Waals surface area contributed by atoms with Crippen molar-refractivity contribution in [2.45, 2.75) is 32.0 Å². The maximum Gasteiger partial charge on any atom is 0.260 e. The van der Waals surface area contributed by atoms with Crippen LogP contribution in [0.3, 0.4) is 0 Å². The first-order valence-electron chi connectivity index (χ1n) is 6.00. The van der Waals surface area contributed by atoms with Gasteiger partial charge in [0.1, 0.15) is 0 Å². The van der Waals surface area contributed by atoms with Crippen molar-refractivity contribution in [3.05, 3.63) is 40.8 Å². The van der Waals surface area contributed by atoms with Crippen LogP contribution in [0.1, 0.15) is 22.5 Å². The van der Waals surface area contributed by atoms with Gasteiger partial charge in [-0.25, -0.2) is 13.1 Å². The normalized spacial score (nSPS) is 11.8. The van der Waals surface area contributed by atoms with Crippen molar-refractivity contribution in [1.29, 1.82) is 0 Å². The predicted octanol–water partition coefficient (Wildman–Crippen LogP) is 0.392. The van der Waals surface area contributed by atoms with Crippen molar-refractivity contribution in [2.75, 3.05) is 0 Å². The summed E-state index contributed by atoms with van der Waals surface area (Å²) >= 11 is 0. The van der Waals surface area contributed by atoms with Gasteiger partial charge in [-0.2, -0.15) is 5.10 Å². The molecule has 3 N–H and O–H groups in total. The summed E-state index contributed by atoms with van der Waals surface area (Å²) in [5.41, 5.74) is 2.35. The molecule has 2 aromatic heterocycles. The second-order valence-corrected chi connectivity index (χ2v) is 6.06. The van der Waals surface area contributed by atoms with E-state index in [-0.39, 0.29) is 23.7 Å². The number of aliphatic hydroxyl groups excluding tert-OH is 1. The fourth-order valence-electron chi connectivity index (χ4n) is 1.77. The Morgan fingerprint density at radius 1 is 1.40 bits per heavy atom. The van der Waals surface area contributed by atoms with E-state index < -0.39 is 10.0 Å². The van der Waals surface area contributed by atoms with Gasteiger partial charge in [-0.3, -0.25) is 10.1 Å². The van der Waals surface area contributed by atoms with E-state index >= 15 is 0 Å². The number of rotatable bonds is 5. The predicted molar refractivity (Wildman–Crippen MR) is 72.2 cm³/mol. The zero-order valence-corrected chi connectivity index (χ0v) is 12.0. The minimum absolute atomic E-state index is 0.0752. The van der Waals surface area contributed by atoms with E-state index in [2.05, 4.69) is 19.9 Å². The molecule has 0 amide bonds. The van der Waals surface area contributed by atoms with Crippen molar-refractivity contribution in [3.8, 4) is 0 Å². The highest BCUT2D eigenvalue weighted by molar-refractivity contribution is 7.89. The topological polar surface area (TPSA) is 108 Å². The molecule has 0 aliphatic heterocycles. The number of H-pyrrole nitrogens is 1. The van der Waals surface area contributed by atoms with Gasteiger partial charge in [-0.1, -0.05) is 6.07 Å². The van der Waals surface area contributed by atoms with E-state index in [0.29, 0.717) is 11.4 Å². The summed E-state index contributed by atoms with van der Waals surface area (Å²) < 4.78 is 26.8. The zero-order chi connectivity index (χ0) is 14.8. The maximum absolute atomic E-state index is 12.2. The Morgan fingerprint density at radius 3 is 2.80 bits per heavy atom. The molecule has 0 aliphatic carbocycles. The van der Waals surface area contributed by atoms with Gasteiger partial charge < -0.3 is 5.11 Å². The molecule has 0 unspecified atom stereocenters. The number of hydrogen-bond acceptors (Lipinski definition) is 5. The van der Waals surface area contributed by atoms with Crippen molar-refractivity contribution in [2.24, 2.45) is 0 Å². The molecule has 2 rings (SSSR count). The molecular formula is C12H16N4O3S. The lowest BCUT2D eigenvalue weighted by Crippen LogP contribution is -2.25. The summed E-state index contributed by atoms with van der Waals surface area (Å²) in [6.07, 6.45) is 1.61. The van der Waals surface area contributed by atoms with E-state index in [1.165, 1.54) is 0 Å². The molecule has 0 aromatic carbocycles. The number of aliphatic hydroxyl groups is 1. The lowest BCUT2D eigenvalue weighted by Gasteiger charge is -2.07. The van der Waals surface area contributed by atoms with Crippen LogP contribution in [0.15, 0.2) is 23.4 Å². The third-order valence-corrected chi connectivity index (χ3v) is 4.37. The standard InChI is InChI=1S/C12H16N4O3S/c1-8-4-3-5-13-11(8)6-14-20(18,19)12-10(7-17)9(2)15-16-12/h3-5,14,17H,6-7H2,1-2H3,(H,15,16). The third kappa shape index (κ3) is 2.87. The molecule has 108 valence electrons. The summed E-state index contributed by atoms with van der Waals surface area (Å²) in [4.78, 5) is 4.12. The van der Waals surface area contributed by atoms with Crippen LogP contribution in [-0.4, -0.2) is 28.7 Å². The van der Waals surface area contributed by atoms with Crippen LogP contribution >= 0.6 is 0 Å². The first-order chi connectivity index (χ1) is 9.45. The molecule has 20 heavy (non-hydrogen) atoms. The molecule has 2 aromatic rings. The maximum atomic E-state index is 12.2. The minimum atomic E-state index is -3.79. The second kappa shape index (κ2) is 5.70. The summed E-state index contributed by atoms with van der Waals surface area (Å²) in [5.74, 6) is 0.